The molecule has 0 fully saturated rings. The van der Waals surface area contributed by atoms with Crippen LogP contribution in [-0.2, 0) is 0 Å². The van der Waals surface area contributed by atoms with Crippen LogP contribution < -0.4 is 15.8 Å². The summed E-state index contributed by atoms with van der Waals surface area (Å²) in [5.41, 5.74) is 10.2. The molecule has 3 aromatic carbocycles. The van der Waals surface area contributed by atoms with Crippen LogP contribution in [0.5, 0.6) is 0 Å². The molecule has 1 aliphatic rings. The smallest absolute Gasteiger partial charge is 0.0553 e. The molecular weight excluding hydrogens is 314 g/mol. The van der Waals surface area contributed by atoms with E-state index in [1.807, 2.05) is 30.0 Å². The van der Waals surface area contributed by atoms with Gasteiger partial charge in [0.2, 0.25) is 0 Å². The highest BCUT2D eigenvalue weighted by Crippen LogP contribution is 2.47. The van der Waals surface area contributed by atoms with Crippen LogP contribution in [0, 0.1) is 0 Å². The van der Waals surface area contributed by atoms with Crippen molar-refractivity contribution < 1.29 is 0 Å². The number of nitrogens with zero attached hydrogens (tertiary/aromatic N) is 1. The Morgan fingerprint density at radius 2 is 1.29 bits per heavy atom. The molecule has 1 aliphatic heterocycles. The molecule has 0 atom stereocenters. The van der Waals surface area contributed by atoms with Gasteiger partial charge in [-0.05, 0) is 36.4 Å². The van der Waals surface area contributed by atoms with E-state index >= 15 is 0 Å². The first-order chi connectivity index (χ1) is 11.9. The van der Waals surface area contributed by atoms with Gasteiger partial charge in [0.05, 0.1) is 11.4 Å². The molecule has 0 unspecified atom stereocenters. The van der Waals surface area contributed by atoms with Gasteiger partial charge in [-0.2, -0.15) is 0 Å². The predicted molar refractivity (Wildman–Crippen MR) is 102 cm³/mol. The molecule has 0 saturated carbocycles. The summed E-state index contributed by atoms with van der Waals surface area (Å²) in [5.74, 6) is 0. The fourth-order valence-electron chi connectivity index (χ4n) is 2.88. The third-order valence-corrected chi connectivity index (χ3v) is 5.13. The summed E-state index contributed by atoms with van der Waals surface area (Å²) in [4.78, 5) is 5.01. The maximum absolute atomic E-state index is 3.31. The molecule has 3 aromatic rings. The van der Waals surface area contributed by atoms with E-state index in [4.69, 9.17) is 0 Å². The molecule has 0 radical (unpaired) electrons. The molecule has 0 amide bonds. The van der Waals surface area contributed by atoms with Crippen LogP contribution in [-0.4, -0.2) is 13.1 Å². The maximum atomic E-state index is 3.31. The van der Waals surface area contributed by atoms with Gasteiger partial charge in [-0.25, -0.2) is 5.43 Å². The van der Waals surface area contributed by atoms with E-state index in [1.54, 1.807) is 0 Å². The van der Waals surface area contributed by atoms with Crippen molar-refractivity contribution in [1.29, 1.82) is 0 Å². The number of benzene rings is 3. The van der Waals surface area contributed by atoms with Crippen LogP contribution in [0.2, 0.25) is 0 Å². The van der Waals surface area contributed by atoms with Crippen LogP contribution in [0.4, 0.5) is 17.1 Å². The Bertz CT molecular complexity index is 774. The number of hydrogen-bond acceptors (Lipinski definition) is 4. The van der Waals surface area contributed by atoms with Gasteiger partial charge in [0.1, 0.15) is 0 Å². The number of hydrogen-bond donors (Lipinski definition) is 2. The lowest BCUT2D eigenvalue weighted by atomic mass is 10.2. The Kier molecular flexibility index (Phi) is 4.40. The number of anilines is 3. The number of nitrogens with one attached hydrogen (secondary N) is 2. The minimum Gasteiger partial charge on any atom is -0.338 e. The van der Waals surface area contributed by atoms with E-state index in [9.17, 15) is 0 Å². The monoisotopic (exact) mass is 333 g/mol. The highest BCUT2D eigenvalue weighted by molar-refractivity contribution is 7.99. The van der Waals surface area contributed by atoms with Crippen LogP contribution >= 0.6 is 11.8 Å². The lowest BCUT2D eigenvalue weighted by Gasteiger charge is -2.32. The van der Waals surface area contributed by atoms with Gasteiger partial charge in [-0.1, -0.05) is 54.2 Å². The number of fused-ring (bicyclic) bond motifs is 2. The van der Waals surface area contributed by atoms with E-state index < -0.39 is 0 Å². The molecule has 4 heteroatoms. The summed E-state index contributed by atoms with van der Waals surface area (Å²) in [6.45, 7) is 1.73. The Morgan fingerprint density at radius 1 is 0.708 bits per heavy atom. The van der Waals surface area contributed by atoms with E-state index in [2.05, 4.69) is 76.4 Å². The lowest BCUT2D eigenvalue weighted by Crippen LogP contribution is -2.33. The van der Waals surface area contributed by atoms with Crippen molar-refractivity contribution in [3.63, 3.8) is 0 Å². The second kappa shape index (κ2) is 6.99. The minimum atomic E-state index is 0.836. The third kappa shape index (κ3) is 3.11. The quantitative estimate of drug-likeness (QED) is 0.513. The molecule has 2 N–H and O–H groups in total. The van der Waals surface area contributed by atoms with Crippen molar-refractivity contribution in [1.82, 2.24) is 5.43 Å². The average Bonchev–Trinajstić information content (AvgIpc) is 2.65. The summed E-state index contributed by atoms with van der Waals surface area (Å²) >= 11 is 1.84. The molecule has 0 saturated heterocycles. The van der Waals surface area contributed by atoms with Crippen molar-refractivity contribution >= 4 is 28.8 Å². The SMILES string of the molecule is c1ccc(NNCCN2c3ccccc3Sc3ccccc32)cc1. The summed E-state index contributed by atoms with van der Waals surface area (Å²) < 4.78 is 0. The van der Waals surface area contributed by atoms with Gasteiger partial charge in [-0.15, -0.1) is 0 Å². The average molecular weight is 333 g/mol. The zero-order valence-electron chi connectivity index (χ0n) is 13.3. The zero-order valence-corrected chi connectivity index (χ0v) is 14.1. The Morgan fingerprint density at radius 3 is 1.96 bits per heavy atom. The van der Waals surface area contributed by atoms with Gasteiger partial charge in [-0.3, -0.25) is 0 Å². The van der Waals surface area contributed by atoms with Crippen LogP contribution in [0.3, 0.4) is 0 Å². The van der Waals surface area contributed by atoms with Gasteiger partial charge >= 0.3 is 0 Å². The second-order valence-electron chi connectivity index (χ2n) is 5.61. The molecule has 0 spiro atoms. The predicted octanol–water partition coefficient (Wildman–Crippen LogP) is 4.91. The third-order valence-electron chi connectivity index (χ3n) is 4.00. The first-order valence-electron chi connectivity index (χ1n) is 8.09. The van der Waals surface area contributed by atoms with Crippen molar-refractivity contribution in [2.45, 2.75) is 9.79 Å². The molecule has 0 aromatic heterocycles. The highest BCUT2D eigenvalue weighted by atomic mass is 32.2. The normalized spacial score (nSPS) is 12.4. The lowest BCUT2D eigenvalue weighted by molar-refractivity contribution is 0.766. The van der Waals surface area contributed by atoms with Crippen molar-refractivity contribution in [2.75, 3.05) is 23.4 Å². The Hall–Kier alpha value is -2.43. The standard InChI is InChI=1S/C20H19N3S/c1-2-8-16(9-3-1)22-21-14-15-23-17-10-4-6-12-19(17)24-20-13-7-5-11-18(20)23/h1-13,21-22H,14-15H2. The summed E-state index contributed by atoms with van der Waals surface area (Å²) in [7, 11) is 0. The van der Waals surface area contributed by atoms with Crippen LogP contribution in [0.25, 0.3) is 0 Å². The molecule has 1 heterocycles. The number of rotatable bonds is 5. The molecule has 120 valence electrons. The van der Waals surface area contributed by atoms with Gasteiger partial charge < -0.3 is 10.3 Å². The van der Waals surface area contributed by atoms with Crippen molar-refractivity contribution in [3.8, 4) is 0 Å². The molecule has 4 rings (SSSR count). The molecule has 3 nitrogen and oxygen atoms in total. The number of para-hydroxylation sites is 3. The summed E-state index contributed by atoms with van der Waals surface area (Å²) in [5, 5.41) is 0. The first-order valence-corrected chi connectivity index (χ1v) is 8.91. The highest BCUT2D eigenvalue weighted by Gasteiger charge is 2.22. The maximum Gasteiger partial charge on any atom is 0.0553 e. The van der Waals surface area contributed by atoms with E-state index in [1.165, 1.54) is 21.2 Å². The van der Waals surface area contributed by atoms with Gasteiger partial charge in [0, 0.05) is 28.6 Å². The topological polar surface area (TPSA) is 27.3 Å². The Balaban J connectivity index is 1.48. The molecular formula is C20H19N3S. The first kappa shape index (κ1) is 15.1. The van der Waals surface area contributed by atoms with E-state index in [-0.39, 0.29) is 0 Å². The van der Waals surface area contributed by atoms with Crippen LogP contribution in [0.1, 0.15) is 0 Å². The van der Waals surface area contributed by atoms with Crippen LogP contribution in [0.15, 0.2) is 88.7 Å². The van der Waals surface area contributed by atoms with Crippen molar-refractivity contribution in [2.24, 2.45) is 0 Å². The molecule has 24 heavy (non-hydrogen) atoms. The van der Waals surface area contributed by atoms with Gasteiger partial charge in [0.15, 0.2) is 0 Å². The summed E-state index contributed by atoms with van der Waals surface area (Å²) in [6.07, 6.45) is 0. The van der Waals surface area contributed by atoms with E-state index in [0.717, 1.165) is 18.8 Å². The second-order valence-corrected chi connectivity index (χ2v) is 6.69. The largest absolute Gasteiger partial charge is 0.338 e. The van der Waals surface area contributed by atoms with E-state index in [0.29, 0.717) is 0 Å². The van der Waals surface area contributed by atoms with Gasteiger partial charge in [0.25, 0.3) is 0 Å². The fraction of sp³-hybridized carbons (Fsp3) is 0.100. The number of hydrazine groups is 1. The minimum absolute atomic E-state index is 0.836. The summed E-state index contributed by atoms with van der Waals surface area (Å²) in [6, 6.07) is 27.4. The molecule has 0 aliphatic carbocycles. The Labute approximate surface area is 146 Å². The zero-order chi connectivity index (χ0) is 16.2. The molecule has 0 bridgehead atoms. The van der Waals surface area contributed by atoms with Crippen molar-refractivity contribution in [3.05, 3.63) is 78.9 Å². The fourth-order valence-corrected chi connectivity index (χ4v) is 3.97.